The van der Waals surface area contributed by atoms with E-state index >= 15 is 0 Å². The molecule has 0 bridgehead atoms. The topological polar surface area (TPSA) is 21.3 Å². The van der Waals surface area contributed by atoms with Crippen molar-refractivity contribution in [3.63, 3.8) is 0 Å². The molecule has 0 spiro atoms. The van der Waals surface area contributed by atoms with Gasteiger partial charge in [-0.2, -0.15) is 0 Å². The number of hydrogen-bond donors (Lipinski definition) is 1. The Bertz CT molecular complexity index is 613. The summed E-state index contributed by atoms with van der Waals surface area (Å²) in [6, 6.07) is 14.4. The molecule has 0 radical (unpaired) electrons. The molecule has 0 aromatic heterocycles. The van der Waals surface area contributed by atoms with Crippen LogP contribution in [0.15, 0.2) is 42.5 Å². The Morgan fingerprint density at radius 2 is 1.85 bits per heavy atom. The summed E-state index contributed by atoms with van der Waals surface area (Å²) >= 11 is 8.59. The molecule has 1 N–H and O–H groups in total. The quantitative estimate of drug-likeness (QED) is 0.715. The van der Waals surface area contributed by atoms with Gasteiger partial charge in [0.25, 0.3) is 0 Å². The van der Waals surface area contributed by atoms with Gasteiger partial charge in [0.05, 0.1) is 3.57 Å². The molecule has 0 aliphatic heterocycles. The molecule has 0 saturated heterocycles. The third kappa shape index (κ3) is 3.45. The summed E-state index contributed by atoms with van der Waals surface area (Å²) in [7, 11) is 0. The summed E-state index contributed by atoms with van der Waals surface area (Å²) < 4.78 is 7.13. The van der Waals surface area contributed by atoms with Gasteiger partial charge in [0.15, 0.2) is 0 Å². The lowest BCUT2D eigenvalue weighted by Gasteiger charge is -2.14. The number of ether oxygens (including phenoxy) is 1. The summed E-state index contributed by atoms with van der Waals surface area (Å²) in [6.07, 6.45) is 2.52. The fourth-order valence-electron chi connectivity index (χ4n) is 1.99. The summed E-state index contributed by atoms with van der Waals surface area (Å²) in [5.74, 6) is 1.69. The molecule has 2 aromatic rings. The molecule has 2 nitrogen and oxygen atoms in total. The largest absolute Gasteiger partial charge is 0.456 e. The second kappa shape index (κ2) is 6.33. The first-order valence-electron chi connectivity index (χ1n) is 6.67. The molecule has 1 fully saturated rings. The number of halogens is 2. The molecule has 1 aliphatic rings. The van der Waals surface area contributed by atoms with Crippen LogP contribution in [0, 0.1) is 3.57 Å². The molecule has 0 heterocycles. The van der Waals surface area contributed by atoms with Crippen LogP contribution >= 0.6 is 34.2 Å². The number of rotatable bonds is 5. The minimum absolute atomic E-state index is 0.649. The fourth-order valence-corrected chi connectivity index (χ4v) is 2.72. The van der Waals surface area contributed by atoms with Crippen molar-refractivity contribution in [2.45, 2.75) is 25.4 Å². The normalized spacial score (nSPS) is 14.3. The number of nitrogens with one attached hydrogen (secondary N) is 1. The summed E-state index contributed by atoms with van der Waals surface area (Å²) in [5.41, 5.74) is 1.03. The highest BCUT2D eigenvalue weighted by atomic mass is 127. The first-order valence-corrected chi connectivity index (χ1v) is 8.13. The van der Waals surface area contributed by atoms with Gasteiger partial charge in [0, 0.05) is 23.2 Å². The van der Waals surface area contributed by atoms with Crippen molar-refractivity contribution in [1.82, 2.24) is 5.32 Å². The number of hydrogen-bond acceptors (Lipinski definition) is 2. The van der Waals surface area contributed by atoms with Crippen LogP contribution in [-0.4, -0.2) is 6.04 Å². The number of para-hydroxylation sites is 1. The van der Waals surface area contributed by atoms with Crippen molar-refractivity contribution < 1.29 is 4.74 Å². The van der Waals surface area contributed by atoms with Gasteiger partial charge in [0.2, 0.25) is 0 Å². The monoisotopic (exact) mass is 399 g/mol. The van der Waals surface area contributed by atoms with Crippen LogP contribution in [0.5, 0.6) is 11.5 Å². The second-order valence-corrected chi connectivity index (χ2v) is 6.47. The Morgan fingerprint density at radius 1 is 1.10 bits per heavy atom. The first-order chi connectivity index (χ1) is 9.74. The molecule has 104 valence electrons. The Kier molecular flexibility index (Phi) is 4.48. The maximum absolute atomic E-state index is 6.32. The second-order valence-electron chi connectivity index (χ2n) is 4.90. The first kappa shape index (κ1) is 14.2. The number of benzene rings is 2. The van der Waals surface area contributed by atoms with Crippen LogP contribution in [0.1, 0.15) is 18.4 Å². The lowest BCUT2D eigenvalue weighted by Crippen LogP contribution is -2.16. The molecule has 4 heteroatoms. The van der Waals surface area contributed by atoms with E-state index in [1.54, 1.807) is 0 Å². The molecule has 20 heavy (non-hydrogen) atoms. The van der Waals surface area contributed by atoms with Crippen LogP contribution in [-0.2, 0) is 6.54 Å². The molecular weight excluding hydrogens is 385 g/mol. The zero-order valence-electron chi connectivity index (χ0n) is 10.9. The van der Waals surface area contributed by atoms with Gasteiger partial charge in [0.1, 0.15) is 11.5 Å². The fraction of sp³-hybridized carbons (Fsp3) is 0.250. The van der Waals surface area contributed by atoms with Crippen LogP contribution < -0.4 is 10.1 Å². The van der Waals surface area contributed by atoms with E-state index in [0.29, 0.717) is 6.04 Å². The highest BCUT2D eigenvalue weighted by molar-refractivity contribution is 14.1. The van der Waals surface area contributed by atoms with E-state index in [9.17, 15) is 0 Å². The van der Waals surface area contributed by atoms with Crippen LogP contribution in [0.3, 0.4) is 0 Å². The molecule has 0 unspecified atom stereocenters. The van der Waals surface area contributed by atoms with E-state index in [0.717, 1.165) is 32.2 Å². The third-order valence-electron chi connectivity index (χ3n) is 3.28. The smallest absolute Gasteiger partial charge is 0.140 e. The van der Waals surface area contributed by atoms with Gasteiger partial charge >= 0.3 is 0 Å². The Morgan fingerprint density at radius 3 is 2.60 bits per heavy atom. The van der Waals surface area contributed by atoms with Crippen LogP contribution in [0.25, 0.3) is 0 Å². The van der Waals surface area contributed by atoms with Gasteiger partial charge < -0.3 is 10.1 Å². The predicted octanol–water partition coefficient (Wildman–Crippen LogP) is 4.99. The SMILES string of the molecule is Clc1cccc(Oc2ccccc2I)c1CNC1CC1. The maximum atomic E-state index is 6.32. The maximum Gasteiger partial charge on any atom is 0.140 e. The van der Waals surface area contributed by atoms with Gasteiger partial charge in [-0.3, -0.25) is 0 Å². The molecule has 0 amide bonds. The highest BCUT2D eigenvalue weighted by Crippen LogP contribution is 2.33. The van der Waals surface area contributed by atoms with Crippen molar-refractivity contribution in [2.24, 2.45) is 0 Å². The summed E-state index contributed by atoms with van der Waals surface area (Å²) in [5, 5.41) is 4.24. The van der Waals surface area contributed by atoms with Gasteiger partial charge in [-0.05, 0) is 59.7 Å². The van der Waals surface area contributed by atoms with Crippen molar-refractivity contribution in [1.29, 1.82) is 0 Å². The van der Waals surface area contributed by atoms with Crippen molar-refractivity contribution in [2.75, 3.05) is 0 Å². The van der Waals surface area contributed by atoms with E-state index in [-0.39, 0.29) is 0 Å². The molecular formula is C16H15ClINO. The minimum Gasteiger partial charge on any atom is -0.456 e. The van der Waals surface area contributed by atoms with Gasteiger partial charge in [-0.15, -0.1) is 0 Å². The van der Waals surface area contributed by atoms with E-state index in [4.69, 9.17) is 16.3 Å². The molecule has 2 aromatic carbocycles. The Balaban J connectivity index is 1.84. The van der Waals surface area contributed by atoms with Crippen molar-refractivity contribution in [3.05, 3.63) is 56.6 Å². The van der Waals surface area contributed by atoms with Gasteiger partial charge in [-0.1, -0.05) is 29.8 Å². The molecule has 1 aliphatic carbocycles. The summed E-state index contributed by atoms with van der Waals surface area (Å²) in [6.45, 7) is 0.753. The van der Waals surface area contributed by atoms with Crippen molar-refractivity contribution in [3.8, 4) is 11.5 Å². The van der Waals surface area contributed by atoms with Crippen LogP contribution in [0.2, 0.25) is 5.02 Å². The van der Waals surface area contributed by atoms with E-state index in [1.165, 1.54) is 12.8 Å². The van der Waals surface area contributed by atoms with Gasteiger partial charge in [-0.25, -0.2) is 0 Å². The van der Waals surface area contributed by atoms with Crippen molar-refractivity contribution >= 4 is 34.2 Å². The van der Waals surface area contributed by atoms with Crippen LogP contribution in [0.4, 0.5) is 0 Å². The Labute approximate surface area is 137 Å². The minimum atomic E-state index is 0.649. The van der Waals surface area contributed by atoms with E-state index in [1.807, 2.05) is 42.5 Å². The standard InChI is InChI=1S/C16H15ClINO/c17-13-4-3-7-15(12(13)10-19-11-8-9-11)20-16-6-2-1-5-14(16)18/h1-7,11,19H,8-10H2. The zero-order chi connectivity index (χ0) is 13.9. The zero-order valence-corrected chi connectivity index (χ0v) is 13.8. The molecule has 0 atom stereocenters. The van der Waals surface area contributed by atoms with E-state index in [2.05, 4.69) is 27.9 Å². The lowest BCUT2D eigenvalue weighted by molar-refractivity contribution is 0.469. The average Bonchev–Trinajstić information content (AvgIpc) is 3.25. The molecule has 1 saturated carbocycles. The average molecular weight is 400 g/mol. The third-order valence-corrected chi connectivity index (χ3v) is 4.52. The summed E-state index contributed by atoms with van der Waals surface area (Å²) in [4.78, 5) is 0. The molecule has 3 rings (SSSR count). The Hall–Kier alpha value is -0.780. The highest BCUT2D eigenvalue weighted by Gasteiger charge is 2.21. The lowest BCUT2D eigenvalue weighted by atomic mass is 10.2. The van der Waals surface area contributed by atoms with E-state index < -0.39 is 0 Å². The predicted molar refractivity (Wildman–Crippen MR) is 90.5 cm³/mol.